The Labute approximate surface area is 119 Å². The van der Waals surface area contributed by atoms with E-state index >= 15 is 0 Å². The second-order valence-corrected chi connectivity index (χ2v) is 5.81. The number of hydrogen-bond donors (Lipinski definition) is 2. The van der Waals surface area contributed by atoms with Gasteiger partial charge in [0.1, 0.15) is 6.04 Å². The number of hydrogen-bond acceptors (Lipinski definition) is 4. The van der Waals surface area contributed by atoms with Gasteiger partial charge in [0.15, 0.2) is 0 Å². The zero-order valence-electron chi connectivity index (χ0n) is 12.0. The molecule has 20 heavy (non-hydrogen) atoms. The number of amides is 1. The van der Waals surface area contributed by atoms with Crippen LogP contribution in [0.2, 0.25) is 0 Å². The molecule has 2 N–H and O–H groups in total. The Morgan fingerprint density at radius 3 is 2.80 bits per heavy atom. The van der Waals surface area contributed by atoms with Crippen molar-refractivity contribution in [1.29, 1.82) is 0 Å². The van der Waals surface area contributed by atoms with E-state index in [0.717, 1.165) is 32.3 Å². The average Bonchev–Trinajstić information content (AvgIpc) is 2.89. The largest absolute Gasteiger partial charge is 0.480 e. The van der Waals surface area contributed by atoms with Gasteiger partial charge in [0, 0.05) is 13.2 Å². The zero-order valence-corrected chi connectivity index (χ0v) is 12.0. The highest BCUT2D eigenvalue weighted by atomic mass is 16.5. The molecule has 6 heteroatoms. The van der Waals surface area contributed by atoms with Gasteiger partial charge in [0.05, 0.1) is 12.6 Å². The Kier molecular flexibility index (Phi) is 5.37. The van der Waals surface area contributed by atoms with E-state index in [-0.39, 0.29) is 24.5 Å². The number of piperidine rings is 1. The summed E-state index contributed by atoms with van der Waals surface area (Å²) < 4.78 is 5.45. The molecule has 3 unspecified atom stereocenters. The first-order valence-electron chi connectivity index (χ1n) is 7.43. The highest BCUT2D eigenvalue weighted by Gasteiger charge is 2.35. The standard InChI is InChI=1S/C14H24N2O4/c1-10-4-2-6-16(13(10)14(18)19)9-12(17)15-8-11-5-3-7-20-11/h10-11,13H,2-9H2,1H3,(H,15,17)(H,18,19). The maximum atomic E-state index is 11.9. The van der Waals surface area contributed by atoms with E-state index in [4.69, 9.17) is 4.74 Å². The topological polar surface area (TPSA) is 78.9 Å². The predicted octanol–water partition coefficient (Wildman–Crippen LogP) is 0.467. The number of carbonyl (C=O) groups is 2. The van der Waals surface area contributed by atoms with E-state index in [0.29, 0.717) is 13.1 Å². The van der Waals surface area contributed by atoms with Gasteiger partial charge in [-0.3, -0.25) is 14.5 Å². The Hall–Kier alpha value is -1.14. The van der Waals surface area contributed by atoms with E-state index in [9.17, 15) is 14.7 Å². The van der Waals surface area contributed by atoms with E-state index < -0.39 is 12.0 Å². The summed E-state index contributed by atoms with van der Waals surface area (Å²) >= 11 is 0. The zero-order chi connectivity index (χ0) is 14.5. The maximum Gasteiger partial charge on any atom is 0.321 e. The number of carbonyl (C=O) groups excluding carboxylic acids is 1. The second-order valence-electron chi connectivity index (χ2n) is 5.81. The third-order valence-electron chi connectivity index (χ3n) is 4.19. The fourth-order valence-corrected chi connectivity index (χ4v) is 3.12. The van der Waals surface area contributed by atoms with Crippen LogP contribution in [0.3, 0.4) is 0 Å². The molecule has 2 aliphatic rings. The Balaban J connectivity index is 1.80. The lowest BCUT2D eigenvalue weighted by Crippen LogP contribution is -2.52. The molecular formula is C14H24N2O4. The van der Waals surface area contributed by atoms with Crippen LogP contribution in [-0.4, -0.2) is 60.3 Å². The average molecular weight is 284 g/mol. The van der Waals surface area contributed by atoms with Crippen LogP contribution >= 0.6 is 0 Å². The number of carboxylic acid groups (broad SMARTS) is 1. The van der Waals surface area contributed by atoms with Gasteiger partial charge in [0.25, 0.3) is 0 Å². The minimum absolute atomic E-state index is 0.0900. The number of nitrogens with one attached hydrogen (secondary N) is 1. The van der Waals surface area contributed by atoms with Crippen LogP contribution < -0.4 is 5.32 Å². The number of likely N-dealkylation sites (tertiary alicyclic amines) is 1. The molecule has 3 atom stereocenters. The molecule has 0 spiro atoms. The van der Waals surface area contributed by atoms with Crippen molar-refractivity contribution in [2.24, 2.45) is 5.92 Å². The van der Waals surface area contributed by atoms with Gasteiger partial charge in [-0.15, -0.1) is 0 Å². The summed E-state index contributed by atoms with van der Waals surface area (Å²) in [6.07, 6.45) is 4.01. The van der Waals surface area contributed by atoms with Crippen molar-refractivity contribution < 1.29 is 19.4 Å². The molecule has 114 valence electrons. The summed E-state index contributed by atoms with van der Waals surface area (Å²) in [5.74, 6) is -0.850. The second kappa shape index (κ2) is 7.04. The summed E-state index contributed by atoms with van der Waals surface area (Å²) in [5, 5.41) is 12.1. The number of carboxylic acids is 1. The fraction of sp³-hybridized carbons (Fsp3) is 0.857. The van der Waals surface area contributed by atoms with Crippen molar-refractivity contribution in [3.63, 3.8) is 0 Å². The minimum atomic E-state index is -0.830. The molecule has 0 saturated carbocycles. The molecule has 2 aliphatic heterocycles. The highest BCUT2D eigenvalue weighted by molar-refractivity contribution is 5.80. The van der Waals surface area contributed by atoms with Gasteiger partial charge < -0.3 is 15.2 Å². The Bertz CT molecular complexity index is 355. The van der Waals surface area contributed by atoms with Crippen LogP contribution in [0.4, 0.5) is 0 Å². The summed E-state index contributed by atoms with van der Waals surface area (Å²) in [7, 11) is 0. The van der Waals surface area contributed by atoms with Crippen molar-refractivity contribution in [2.75, 3.05) is 26.2 Å². The van der Waals surface area contributed by atoms with Crippen molar-refractivity contribution in [3.05, 3.63) is 0 Å². The molecule has 0 radical (unpaired) electrons. The van der Waals surface area contributed by atoms with E-state index in [1.54, 1.807) is 4.90 Å². The van der Waals surface area contributed by atoms with Gasteiger partial charge in [-0.2, -0.15) is 0 Å². The highest BCUT2D eigenvalue weighted by Crippen LogP contribution is 2.23. The van der Waals surface area contributed by atoms with Crippen LogP contribution in [-0.2, 0) is 14.3 Å². The number of nitrogens with zero attached hydrogens (tertiary/aromatic N) is 1. The molecule has 1 amide bonds. The first-order chi connectivity index (χ1) is 9.58. The summed E-state index contributed by atoms with van der Waals surface area (Å²) in [5.41, 5.74) is 0. The lowest BCUT2D eigenvalue weighted by Gasteiger charge is -2.36. The first kappa shape index (κ1) is 15.3. The SMILES string of the molecule is CC1CCCN(CC(=O)NCC2CCCO2)C1C(=O)O. The lowest BCUT2D eigenvalue weighted by molar-refractivity contribution is -0.147. The molecule has 0 aromatic carbocycles. The van der Waals surface area contributed by atoms with Crippen molar-refractivity contribution >= 4 is 11.9 Å². The third kappa shape index (κ3) is 3.93. The Morgan fingerprint density at radius 2 is 2.15 bits per heavy atom. The van der Waals surface area contributed by atoms with Crippen LogP contribution in [0.15, 0.2) is 0 Å². The van der Waals surface area contributed by atoms with Crippen molar-refractivity contribution in [3.8, 4) is 0 Å². The molecule has 2 rings (SSSR count). The van der Waals surface area contributed by atoms with Crippen LogP contribution in [0.5, 0.6) is 0 Å². The van der Waals surface area contributed by atoms with Gasteiger partial charge in [-0.05, 0) is 38.1 Å². The summed E-state index contributed by atoms with van der Waals surface area (Å²) in [6, 6.07) is -0.544. The normalized spacial score (nSPS) is 31.1. The quantitative estimate of drug-likeness (QED) is 0.767. The smallest absolute Gasteiger partial charge is 0.321 e. The molecule has 0 aromatic heterocycles. The van der Waals surface area contributed by atoms with Crippen LogP contribution in [0.1, 0.15) is 32.6 Å². The molecule has 2 fully saturated rings. The summed E-state index contributed by atoms with van der Waals surface area (Å²) in [4.78, 5) is 25.1. The third-order valence-corrected chi connectivity index (χ3v) is 4.19. The van der Waals surface area contributed by atoms with Gasteiger partial charge in [0.2, 0.25) is 5.91 Å². The number of ether oxygens (including phenoxy) is 1. The van der Waals surface area contributed by atoms with Crippen molar-refractivity contribution in [1.82, 2.24) is 10.2 Å². The van der Waals surface area contributed by atoms with Crippen LogP contribution in [0.25, 0.3) is 0 Å². The van der Waals surface area contributed by atoms with E-state index in [1.807, 2.05) is 6.92 Å². The van der Waals surface area contributed by atoms with Gasteiger partial charge >= 0.3 is 5.97 Å². The molecule has 0 aromatic rings. The molecular weight excluding hydrogens is 260 g/mol. The molecule has 2 heterocycles. The van der Waals surface area contributed by atoms with Gasteiger partial charge in [-0.1, -0.05) is 6.92 Å². The number of rotatable bonds is 5. The molecule has 6 nitrogen and oxygen atoms in total. The van der Waals surface area contributed by atoms with Crippen molar-refractivity contribution in [2.45, 2.75) is 44.8 Å². The predicted molar refractivity (Wildman–Crippen MR) is 73.4 cm³/mol. The van der Waals surface area contributed by atoms with E-state index in [2.05, 4.69) is 5.32 Å². The number of aliphatic carboxylic acids is 1. The minimum Gasteiger partial charge on any atom is -0.480 e. The molecule has 0 aliphatic carbocycles. The summed E-state index contributed by atoms with van der Waals surface area (Å²) in [6.45, 7) is 4.07. The van der Waals surface area contributed by atoms with Gasteiger partial charge in [-0.25, -0.2) is 0 Å². The maximum absolute atomic E-state index is 11.9. The fourth-order valence-electron chi connectivity index (χ4n) is 3.12. The lowest BCUT2D eigenvalue weighted by atomic mass is 9.91. The molecule has 2 saturated heterocycles. The monoisotopic (exact) mass is 284 g/mol. The van der Waals surface area contributed by atoms with E-state index in [1.165, 1.54) is 0 Å². The first-order valence-corrected chi connectivity index (χ1v) is 7.43. The molecule has 0 bridgehead atoms. The van der Waals surface area contributed by atoms with Crippen LogP contribution in [0, 0.1) is 5.92 Å². The Morgan fingerprint density at radius 1 is 1.35 bits per heavy atom.